The van der Waals surface area contributed by atoms with Gasteiger partial charge in [0.05, 0.1) is 11.6 Å². The SMILES string of the molecule is CC1SC[C@H]2CN(C)CCN2c2ncc(C(F)(F)F)cc21. The average Bonchev–Trinajstić information content (AvgIpc) is 2.55. The molecule has 0 bridgehead atoms. The largest absolute Gasteiger partial charge is 0.417 e. The van der Waals surface area contributed by atoms with Gasteiger partial charge in [-0.05, 0) is 20.0 Å². The number of nitrogens with zero attached hydrogens (tertiary/aromatic N) is 3. The highest BCUT2D eigenvalue weighted by Gasteiger charge is 2.36. The minimum atomic E-state index is -4.33. The molecule has 3 heterocycles. The monoisotopic (exact) mass is 317 g/mol. The summed E-state index contributed by atoms with van der Waals surface area (Å²) in [6.07, 6.45) is -3.36. The lowest BCUT2D eigenvalue weighted by Crippen LogP contribution is -2.53. The fourth-order valence-electron chi connectivity index (χ4n) is 2.95. The van der Waals surface area contributed by atoms with E-state index in [1.807, 2.05) is 6.92 Å². The zero-order chi connectivity index (χ0) is 15.2. The number of thioether (sulfide) groups is 1. The molecule has 1 saturated heterocycles. The number of fused-ring (bicyclic) bond motifs is 3. The molecule has 7 heteroatoms. The molecule has 116 valence electrons. The first-order valence-electron chi connectivity index (χ1n) is 7.00. The third-order valence-electron chi connectivity index (χ3n) is 4.16. The molecule has 0 spiro atoms. The minimum absolute atomic E-state index is 0.0331. The molecule has 1 unspecified atom stereocenters. The number of aromatic nitrogens is 1. The van der Waals surface area contributed by atoms with Gasteiger partial charge < -0.3 is 9.80 Å². The molecule has 2 aliphatic heterocycles. The van der Waals surface area contributed by atoms with Crippen molar-refractivity contribution in [1.29, 1.82) is 0 Å². The van der Waals surface area contributed by atoms with E-state index in [4.69, 9.17) is 0 Å². The van der Waals surface area contributed by atoms with Gasteiger partial charge in [0.15, 0.2) is 0 Å². The van der Waals surface area contributed by atoms with Crippen LogP contribution in [0.2, 0.25) is 0 Å². The van der Waals surface area contributed by atoms with E-state index in [0.717, 1.165) is 37.4 Å². The van der Waals surface area contributed by atoms with Crippen LogP contribution >= 0.6 is 11.8 Å². The van der Waals surface area contributed by atoms with Crippen LogP contribution in [0, 0.1) is 0 Å². The molecule has 2 atom stereocenters. The van der Waals surface area contributed by atoms with Crippen molar-refractivity contribution in [3.63, 3.8) is 0 Å². The van der Waals surface area contributed by atoms with Crippen LogP contribution in [0.15, 0.2) is 12.3 Å². The lowest BCUT2D eigenvalue weighted by molar-refractivity contribution is -0.137. The first-order valence-corrected chi connectivity index (χ1v) is 8.05. The molecule has 0 saturated carbocycles. The Hall–Kier alpha value is -0.950. The maximum Gasteiger partial charge on any atom is 0.417 e. The molecular weight excluding hydrogens is 299 g/mol. The maximum atomic E-state index is 12.9. The van der Waals surface area contributed by atoms with E-state index in [9.17, 15) is 13.2 Å². The summed E-state index contributed by atoms with van der Waals surface area (Å²) in [7, 11) is 2.08. The Balaban J connectivity index is 2.02. The van der Waals surface area contributed by atoms with Gasteiger partial charge >= 0.3 is 6.18 Å². The Morgan fingerprint density at radius 3 is 2.81 bits per heavy atom. The number of hydrogen-bond donors (Lipinski definition) is 0. The summed E-state index contributed by atoms with van der Waals surface area (Å²) in [4.78, 5) is 8.63. The minimum Gasteiger partial charge on any atom is -0.350 e. The first-order chi connectivity index (χ1) is 9.86. The van der Waals surface area contributed by atoms with Crippen molar-refractivity contribution >= 4 is 17.6 Å². The topological polar surface area (TPSA) is 19.4 Å². The number of anilines is 1. The van der Waals surface area contributed by atoms with Gasteiger partial charge in [-0.25, -0.2) is 4.98 Å². The van der Waals surface area contributed by atoms with E-state index in [1.54, 1.807) is 11.8 Å². The molecule has 3 rings (SSSR count). The molecular formula is C14H18F3N3S. The zero-order valence-electron chi connectivity index (χ0n) is 12.0. The summed E-state index contributed by atoms with van der Waals surface area (Å²) in [6, 6.07) is 1.60. The van der Waals surface area contributed by atoms with E-state index in [1.165, 1.54) is 6.07 Å². The van der Waals surface area contributed by atoms with Crippen LogP contribution in [-0.4, -0.2) is 48.4 Å². The van der Waals surface area contributed by atoms with Crippen LogP contribution in [0.3, 0.4) is 0 Å². The molecule has 3 nitrogen and oxygen atoms in total. The van der Waals surface area contributed by atoms with Crippen molar-refractivity contribution in [2.24, 2.45) is 0 Å². The van der Waals surface area contributed by atoms with Gasteiger partial charge in [-0.15, -0.1) is 0 Å². The van der Waals surface area contributed by atoms with Crippen molar-refractivity contribution in [2.45, 2.75) is 24.4 Å². The van der Waals surface area contributed by atoms with Crippen molar-refractivity contribution in [3.8, 4) is 0 Å². The summed E-state index contributed by atoms with van der Waals surface area (Å²) in [6.45, 7) is 4.63. The van der Waals surface area contributed by atoms with Crippen molar-refractivity contribution < 1.29 is 13.2 Å². The molecule has 0 aromatic carbocycles. The second-order valence-corrected chi connectivity index (χ2v) is 7.09. The van der Waals surface area contributed by atoms with Gasteiger partial charge in [0.25, 0.3) is 0 Å². The van der Waals surface area contributed by atoms with Crippen LogP contribution in [0.25, 0.3) is 0 Å². The van der Waals surface area contributed by atoms with Crippen LogP contribution in [0.4, 0.5) is 19.0 Å². The van der Waals surface area contributed by atoms with E-state index in [-0.39, 0.29) is 5.25 Å². The smallest absolute Gasteiger partial charge is 0.350 e. The van der Waals surface area contributed by atoms with Crippen molar-refractivity contribution in [3.05, 3.63) is 23.4 Å². The van der Waals surface area contributed by atoms with Gasteiger partial charge in [-0.2, -0.15) is 24.9 Å². The highest BCUT2D eigenvalue weighted by Crippen LogP contribution is 2.42. The van der Waals surface area contributed by atoms with Crippen molar-refractivity contribution in [2.75, 3.05) is 37.3 Å². The Morgan fingerprint density at radius 2 is 2.10 bits per heavy atom. The third-order valence-corrected chi connectivity index (χ3v) is 5.49. The Bertz CT molecular complexity index is 535. The summed E-state index contributed by atoms with van der Waals surface area (Å²) in [5.41, 5.74) is 0.0585. The predicted octanol–water partition coefficient (Wildman–Crippen LogP) is 3.03. The van der Waals surface area contributed by atoms with Crippen LogP contribution < -0.4 is 4.90 Å². The van der Waals surface area contributed by atoms with Crippen LogP contribution in [0.1, 0.15) is 23.3 Å². The highest BCUT2D eigenvalue weighted by molar-refractivity contribution is 7.99. The molecule has 0 amide bonds. The molecule has 1 fully saturated rings. The fourth-order valence-corrected chi connectivity index (χ4v) is 4.10. The molecule has 21 heavy (non-hydrogen) atoms. The number of pyridine rings is 1. The van der Waals surface area contributed by atoms with E-state index in [0.29, 0.717) is 11.6 Å². The van der Waals surface area contributed by atoms with Crippen LogP contribution in [-0.2, 0) is 6.18 Å². The van der Waals surface area contributed by atoms with Gasteiger partial charge in [-0.3, -0.25) is 0 Å². The van der Waals surface area contributed by atoms with E-state index in [2.05, 4.69) is 21.8 Å². The average molecular weight is 317 g/mol. The number of hydrogen-bond acceptors (Lipinski definition) is 4. The normalized spacial score (nSPS) is 27.0. The van der Waals surface area contributed by atoms with Gasteiger partial charge in [-0.1, -0.05) is 0 Å². The summed E-state index contributed by atoms with van der Waals surface area (Å²) < 4.78 is 38.7. The summed E-state index contributed by atoms with van der Waals surface area (Å²) >= 11 is 1.71. The lowest BCUT2D eigenvalue weighted by atomic mass is 10.1. The fraction of sp³-hybridized carbons (Fsp3) is 0.643. The molecule has 0 radical (unpaired) electrons. The number of likely N-dealkylation sites (N-methyl/N-ethyl adjacent to an activating group) is 1. The van der Waals surface area contributed by atoms with Gasteiger partial charge in [0.1, 0.15) is 5.82 Å². The molecule has 1 aromatic heterocycles. The van der Waals surface area contributed by atoms with Crippen LogP contribution in [0.5, 0.6) is 0 Å². The van der Waals surface area contributed by atoms with Crippen molar-refractivity contribution in [1.82, 2.24) is 9.88 Å². The molecule has 0 N–H and O–H groups in total. The quantitative estimate of drug-likeness (QED) is 0.732. The second kappa shape index (κ2) is 5.35. The Morgan fingerprint density at radius 1 is 1.33 bits per heavy atom. The summed E-state index contributed by atoms with van der Waals surface area (Å²) in [5, 5.41) is 0.0331. The number of rotatable bonds is 0. The highest BCUT2D eigenvalue weighted by atomic mass is 32.2. The standard InChI is InChI=1S/C14H18F3N3S/c1-9-12-5-10(14(15,16)17)6-18-13(12)20-4-3-19(2)7-11(20)8-21-9/h5-6,9,11H,3-4,7-8H2,1-2H3/t9?,11-/m1/s1. The number of halogens is 3. The lowest BCUT2D eigenvalue weighted by Gasteiger charge is -2.40. The summed E-state index contributed by atoms with van der Waals surface area (Å²) in [5.74, 6) is 1.65. The molecule has 1 aromatic rings. The number of alkyl halides is 3. The molecule has 2 aliphatic rings. The Kier molecular flexibility index (Phi) is 3.81. The third kappa shape index (κ3) is 2.85. The first kappa shape index (κ1) is 15.0. The van der Waals surface area contributed by atoms with E-state index >= 15 is 0 Å². The predicted molar refractivity (Wildman–Crippen MR) is 78.7 cm³/mol. The van der Waals surface area contributed by atoms with E-state index < -0.39 is 11.7 Å². The second-order valence-electron chi connectivity index (χ2n) is 5.72. The zero-order valence-corrected chi connectivity index (χ0v) is 12.8. The van der Waals surface area contributed by atoms with Gasteiger partial charge in [0, 0.05) is 42.4 Å². The molecule has 0 aliphatic carbocycles. The maximum absolute atomic E-state index is 12.9. The van der Waals surface area contributed by atoms with Gasteiger partial charge in [0.2, 0.25) is 0 Å². The Labute approximate surface area is 126 Å². The number of piperazine rings is 1.